The third kappa shape index (κ3) is 3.64. The summed E-state index contributed by atoms with van der Waals surface area (Å²) in [5.74, 6) is 0.597. The number of H-pyrrole nitrogens is 1. The monoisotopic (exact) mass is 390 g/mol. The Bertz CT molecular complexity index is 832. The molecular weight excluding hydrogens is 360 g/mol. The lowest BCUT2D eigenvalue weighted by Gasteiger charge is -2.40. The van der Waals surface area contributed by atoms with Crippen molar-refractivity contribution < 1.29 is 14.3 Å². The van der Waals surface area contributed by atoms with Gasteiger partial charge in [0, 0.05) is 29.5 Å². The summed E-state index contributed by atoms with van der Waals surface area (Å²) in [6, 6.07) is -0.633. The zero-order valence-corrected chi connectivity index (χ0v) is 17.3. The SMILES string of the molecule is COC(=O)NC(C)C(=O)N1CCC2(CCc3c2nc(C(C)(C)C)[nH]c3=O)CC1. The Balaban J connectivity index is 1.77. The van der Waals surface area contributed by atoms with Gasteiger partial charge in [0.25, 0.3) is 5.56 Å². The van der Waals surface area contributed by atoms with Crippen molar-refractivity contribution in [1.29, 1.82) is 0 Å². The molecule has 8 heteroatoms. The maximum absolute atomic E-state index is 12.6. The Morgan fingerprint density at radius 3 is 2.46 bits per heavy atom. The molecule has 2 N–H and O–H groups in total. The number of aromatic nitrogens is 2. The quantitative estimate of drug-likeness (QED) is 0.798. The lowest BCUT2D eigenvalue weighted by atomic mass is 9.76. The van der Waals surface area contributed by atoms with E-state index in [0.29, 0.717) is 18.9 Å². The Morgan fingerprint density at radius 1 is 1.25 bits per heavy atom. The molecule has 1 fully saturated rings. The van der Waals surface area contributed by atoms with Gasteiger partial charge >= 0.3 is 6.09 Å². The molecule has 2 aliphatic rings. The van der Waals surface area contributed by atoms with Crippen LogP contribution in [0.1, 0.15) is 64.0 Å². The molecule has 28 heavy (non-hydrogen) atoms. The topological polar surface area (TPSA) is 104 Å². The van der Waals surface area contributed by atoms with Gasteiger partial charge in [0.05, 0.1) is 12.8 Å². The van der Waals surface area contributed by atoms with Crippen LogP contribution in [0.2, 0.25) is 0 Å². The summed E-state index contributed by atoms with van der Waals surface area (Å²) in [5, 5.41) is 2.52. The summed E-state index contributed by atoms with van der Waals surface area (Å²) >= 11 is 0. The molecular formula is C20H30N4O4. The van der Waals surface area contributed by atoms with Gasteiger partial charge in [0.1, 0.15) is 11.9 Å². The lowest BCUT2D eigenvalue weighted by molar-refractivity contribution is -0.134. The summed E-state index contributed by atoms with van der Waals surface area (Å²) in [4.78, 5) is 46.2. The van der Waals surface area contributed by atoms with Crippen LogP contribution in [0.15, 0.2) is 4.79 Å². The average Bonchev–Trinajstić information content (AvgIpc) is 2.99. The first-order valence-electron chi connectivity index (χ1n) is 9.85. The van der Waals surface area contributed by atoms with Gasteiger partial charge in [-0.15, -0.1) is 0 Å². The lowest BCUT2D eigenvalue weighted by Crippen LogP contribution is -2.51. The summed E-state index contributed by atoms with van der Waals surface area (Å²) in [5.41, 5.74) is 1.33. The number of hydrogen-bond acceptors (Lipinski definition) is 5. The summed E-state index contributed by atoms with van der Waals surface area (Å²) in [6.45, 7) is 8.95. The van der Waals surface area contributed by atoms with E-state index in [4.69, 9.17) is 4.98 Å². The fourth-order valence-electron chi connectivity index (χ4n) is 4.22. The van der Waals surface area contributed by atoms with Crippen LogP contribution in [-0.2, 0) is 26.8 Å². The molecule has 1 saturated heterocycles. The molecule has 1 atom stereocenters. The highest BCUT2D eigenvalue weighted by molar-refractivity contribution is 5.85. The third-order valence-electron chi connectivity index (χ3n) is 6.00. The maximum Gasteiger partial charge on any atom is 0.407 e. The van der Waals surface area contributed by atoms with Crippen LogP contribution >= 0.6 is 0 Å². The normalized spacial score (nSPS) is 19.2. The predicted molar refractivity (Wildman–Crippen MR) is 104 cm³/mol. The minimum absolute atomic E-state index is 0.0267. The Kier molecular flexibility index (Phi) is 5.25. The molecule has 0 radical (unpaired) electrons. The number of carbonyl (C=O) groups excluding carboxylic acids is 2. The van der Waals surface area contributed by atoms with Gasteiger partial charge in [-0.3, -0.25) is 9.59 Å². The molecule has 1 unspecified atom stereocenters. The van der Waals surface area contributed by atoms with Gasteiger partial charge in [0.2, 0.25) is 5.91 Å². The molecule has 0 aromatic carbocycles. The number of piperidine rings is 1. The molecule has 0 bridgehead atoms. The standard InChI is InChI=1S/C20H30N4O4/c1-12(21-18(27)28-5)16(26)24-10-8-20(9-11-24)7-6-13-14(20)22-17(19(2,3)4)23-15(13)25/h12H,6-11H2,1-5H3,(H,21,27)(H,22,23,25). The molecule has 154 valence electrons. The number of fused-ring (bicyclic) bond motifs is 2. The smallest absolute Gasteiger partial charge is 0.407 e. The number of alkyl carbamates (subject to hydrolysis) is 1. The maximum atomic E-state index is 12.6. The van der Waals surface area contributed by atoms with E-state index in [1.165, 1.54) is 7.11 Å². The van der Waals surface area contributed by atoms with Crippen molar-refractivity contribution in [3.8, 4) is 0 Å². The van der Waals surface area contributed by atoms with Gasteiger partial charge in [0.15, 0.2) is 0 Å². The second kappa shape index (κ2) is 7.22. The van der Waals surface area contributed by atoms with Crippen molar-refractivity contribution in [2.24, 2.45) is 0 Å². The van der Waals surface area contributed by atoms with Gasteiger partial charge in [-0.1, -0.05) is 20.8 Å². The van der Waals surface area contributed by atoms with Crippen molar-refractivity contribution in [2.75, 3.05) is 20.2 Å². The van der Waals surface area contributed by atoms with Crippen molar-refractivity contribution in [3.05, 3.63) is 27.4 Å². The number of ether oxygens (including phenoxy) is 1. The van der Waals surface area contributed by atoms with Crippen LogP contribution in [-0.4, -0.2) is 53.1 Å². The number of aromatic amines is 1. The van der Waals surface area contributed by atoms with Crippen LogP contribution in [0.25, 0.3) is 0 Å². The van der Waals surface area contributed by atoms with Crippen molar-refractivity contribution in [3.63, 3.8) is 0 Å². The van der Waals surface area contributed by atoms with Crippen LogP contribution in [0.5, 0.6) is 0 Å². The molecule has 1 aromatic rings. The van der Waals surface area contributed by atoms with E-state index in [9.17, 15) is 14.4 Å². The van der Waals surface area contributed by atoms with E-state index in [1.807, 2.05) is 20.8 Å². The summed E-state index contributed by atoms with van der Waals surface area (Å²) < 4.78 is 4.56. The molecule has 0 saturated carbocycles. The van der Waals surface area contributed by atoms with Crippen LogP contribution in [0.3, 0.4) is 0 Å². The van der Waals surface area contributed by atoms with Crippen molar-refractivity contribution >= 4 is 12.0 Å². The highest BCUT2D eigenvalue weighted by Gasteiger charge is 2.45. The number of methoxy groups -OCH3 is 1. The third-order valence-corrected chi connectivity index (χ3v) is 6.00. The Morgan fingerprint density at radius 2 is 1.89 bits per heavy atom. The summed E-state index contributed by atoms with van der Waals surface area (Å²) in [7, 11) is 1.27. The zero-order chi connectivity index (χ0) is 20.7. The fourth-order valence-corrected chi connectivity index (χ4v) is 4.22. The summed E-state index contributed by atoms with van der Waals surface area (Å²) in [6.07, 6.45) is 2.56. The first kappa shape index (κ1) is 20.4. The molecule has 2 amide bonds. The van der Waals surface area contributed by atoms with Crippen LogP contribution in [0.4, 0.5) is 4.79 Å². The minimum Gasteiger partial charge on any atom is -0.453 e. The molecule has 8 nitrogen and oxygen atoms in total. The minimum atomic E-state index is -0.633. The van der Waals surface area contributed by atoms with E-state index >= 15 is 0 Å². The Hall–Kier alpha value is -2.38. The molecule has 1 spiro atoms. The number of rotatable bonds is 2. The van der Waals surface area contributed by atoms with E-state index < -0.39 is 12.1 Å². The number of nitrogens with zero attached hydrogens (tertiary/aromatic N) is 2. The Labute approximate surface area is 165 Å². The highest BCUT2D eigenvalue weighted by atomic mass is 16.5. The predicted octanol–water partition coefficient (Wildman–Crippen LogP) is 1.62. The van der Waals surface area contributed by atoms with E-state index in [1.54, 1.807) is 11.8 Å². The van der Waals surface area contributed by atoms with Crippen LogP contribution in [0, 0.1) is 0 Å². The molecule has 1 aromatic heterocycles. The van der Waals surface area contributed by atoms with Crippen molar-refractivity contribution in [2.45, 2.75) is 70.3 Å². The zero-order valence-electron chi connectivity index (χ0n) is 17.3. The van der Waals surface area contributed by atoms with E-state index in [-0.39, 0.29) is 22.3 Å². The number of nitrogens with one attached hydrogen (secondary N) is 2. The highest BCUT2D eigenvalue weighted by Crippen LogP contribution is 2.44. The number of carbonyl (C=O) groups is 2. The fraction of sp³-hybridized carbons (Fsp3) is 0.700. The molecule has 3 rings (SSSR count). The van der Waals surface area contributed by atoms with E-state index in [0.717, 1.165) is 36.9 Å². The molecule has 1 aliphatic carbocycles. The number of amides is 2. The van der Waals surface area contributed by atoms with Gasteiger partial charge < -0.3 is 19.9 Å². The van der Waals surface area contributed by atoms with Gasteiger partial charge in [-0.2, -0.15) is 0 Å². The molecule has 1 aliphatic heterocycles. The largest absolute Gasteiger partial charge is 0.453 e. The van der Waals surface area contributed by atoms with Gasteiger partial charge in [-0.25, -0.2) is 9.78 Å². The number of likely N-dealkylation sites (tertiary alicyclic amines) is 1. The first-order chi connectivity index (χ1) is 13.1. The van der Waals surface area contributed by atoms with Gasteiger partial charge in [-0.05, 0) is 32.6 Å². The second-order valence-corrected chi connectivity index (χ2v) is 8.95. The molecule has 2 heterocycles. The van der Waals surface area contributed by atoms with E-state index in [2.05, 4.69) is 15.0 Å². The number of hydrogen-bond donors (Lipinski definition) is 2. The first-order valence-corrected chi connectivity index (χ1v) is 9.85. The van der Waals surface area contributed by atoms with Crippen LogP contribution < -0.4 is 10.9 Å². The average molecular weight is 390 g/mol. The second-order valence-electron chi connectivity index (χ2n) is 8.95. The van der Waals surface area contributed by atoms with Crippen molar-refractivity contribution in [1.82, 2.24) is 20.2 Å².